The molecule has 1 aliphatic rings. The molecule has 3 nitrogen and oxygen atoms in total. The number of aromatic nitrogens is 1. The molecule has 16 heavy (non-hydrogen) atoms. The minimum atomic E-state index is 0.541. The monoisotopic (exact) mass is 284 g/mol. The predicted molar refractivity (Wildman–Crippen MR) is 69.5 cm³/mol. The van der Waals surface area contributed by atoms with Gasteiger partial charge in [0, 0.05) is 24.0 Å². The molecule has 1 aromatic rings. The molecule has 1 aromatic heterocycles. The molecule has 2 rings (SSSR count). The minimum Gasteiger partial charge on any atom is -0.481 e. The summed E-state index contributed by atoms with van der Waals surface area (Å²) in [6, 6.07) is 6.47. The van der Waals surface area contributed by atoms with Gasteiger partial charge in [0.15, 0.2) is 0 Å². The van der Waals surface area contributed by atoms with E-state index in [9.17, 15) is 0 Å². The van der Waals surface area contributed by atoms with Crippen LogP contribution in [0.5, 0.6) is 5.88 Å². The zero-order chi connectivity index (χ0) is 11.5. The average molecular weight is 285 g/mol. The molecule has 0 bridgehead atoms. The Balaban J connectivity index is 2.22. The highest BCUT2D eigenvalue weighted by atomic mass is 79.9. The molecule has 0 spiro atoms. The Morgan fingerprint density at radius 2 is 2.38 bits per heavy atom. The lowest BCUT2D eigenvalue weighted by atomic mass is 10.1. The lowest BCUT2D eigenvalue weighted by Gasteiger charge is -2.26. The predicted octanol–water partition coefficient (Wildman–Crippen LogP) is 2.70. The first kappa shape index (κ1) is 11.7. The van der Waals surface area contributed by atoms with Gasteiger partial charge in [-0.2, -0.15) is 4.98 Å². The summed E-state index contributed by atoms with van der Waals surface area (Å²) in [5, 5.41) is 0.993. The molecule has 0 saturated carbocycles. The van der Waals surface area contributed by atoms with E-state index in [0.717, 1.165) is 17.7 Å². The number of anilines is 1. The quantitative estimate of drug-likeness (QED) is 0.798. The van der Waals surface area contributed by atoms with Crippen LogP contribution in [0.3, 0.4) is 0 Å². The smallest absolute Gasteiger partial charge is 0.214 e. The van der Waals surface area contributed by atoms with Crippen molar-refractivity contribution in [1.82, 2.24) is 4.98 Å². The molecule has 0 aromatic carbocycles. The molecule has 0 radical (unpaired) electrons. The van der Waals surface area contributed by atoms with Crippen LogP contribution < -0.4 is 9.64 Å². The van der Waals surface area contributed by atoms with Gasteiger partial charge in [-0.25, -0.2) is 0 Å². The maximum absolute atomic E-state index is 5.16. The summed E-state index contributed by atoms with van der Waals surface area (Å²) in [6.07, 6.45) is 1.23. The zero-order valence-corrected chi connectivity index (χ0v) is 11.3. The van der Waals surface area contributed by atoms with Crippen molar-refractivity contribution in [1.29, 1.82) is 0 Å². The van der Waals surface area contributed by atoms with Gasteiger partial charge in [-0.1, -0.05) is 28.9 Å². The topological polar surface area (TPSA) is 25.4 Å². The van der Waals surface area contributed by atoms with Crippen molar-refractivity contribution in [2.75, 3.05) is 23.9 Å². The highest BCUT2D eigenvalue weighted by Crippen LogP contribution is 2.30. The minimum absolute atomic E-state index is 0.541. The molecule has 2 unspecified atom stereocenters. The largest absolute Gasteiger partial charge is 0.481 e. The maximum Gasteiger partial charge on any atom is 0.214 e. The van der Waals surface area contributed by atoms with Crippen LogP contribution >= 0.6 is 15.9 Å². The summed E-state index contributed by atoms with van der Waals surface area (Å²) in [6.45, 7) is 3.38. The fraction of sp³-hybridized carbons (Fsp3) is 0.583. The van der Waals surface area contributed by atoms with Gasteiger partial charge in [0.25, 0.3) is 0 Å². The van der Waals surface area contributed by atoms with Gasteiger partial charge >= 0.3 is 0 Å². The Labute approximate surface area is 105 Å². The Bertz CT molecular complexity index is 359. The van der Waals surface area contributed by atoms with E-state index >= 15 is 0 Å². The van der Waals surface area contributed by atoms with Crippen LogP contribution in [0, 0.1) is 5.92 Å². The van der Waals surface area contributed by atoms with Gasteiger partial charge < -0.3 is 9.64 Å². The van der Waals surface area contributed by atoms with Gasteiger partial charge in [0.05, 0.1) is 7.11 Å². The van der Waals surface area contributed by atoms with E-state index in [0.29, 0.717) is 17.8 Å². The molecule has 88 valence electrons. The van der Waals surface area contributed by atoms with Crippen molar-refractivity contribution in [3.63, 3.8) is 0 Å². The van der Waals surface area contributed by atoms with E-state index < -0.39 is 0 Å². The van der Waals surface area contributed by atoms with Gasteiger partial charge in [-0.15, -0.1) is 0 Å². The van der Waals surface area contributed by atoms with Crippen molar-refractivity contribution in [2.24, 2.45) is 5.92 Å². The summed E-state index contributed by atoms with van der Waals surface area (Å²) < 4.78 is 5.16. The second-order valence-corrected chi connectivity index (χ2v) is 4.87. The van der Waals surface area contributed by atoms with E-state index in [1.807, 2.05) is 12.1 Å². The van der Waals surface area contributed by atoms with Crippen molar-refractivity contribution in [3.05, 3.63) is 18.2 Å². The molecular formula is C12H17BrN2O. The second kappa shape index (κ2) is 5.04. The summed E-state index contributed by atoms with van der Waals surface area (Å²) in [7, 11) is 1.65. The number of hydrogen-bond donors (Lipinski definition) is 0. The fourth-order valence-electron chi connectivity index (χ4n) is 2.21. The van der Waals surface area contributed by atoms with E-state index in [1.54, 1.807) is 7.11 Å². The molecule has 0 aliphatic carbocycles. The van der Waals surface area contributed by atoms with Crippen molar-refractivity contribution in [3.8, 4) is 5.88 Å². The Morgan fingerprint density at radius 3 is 3.06 bits per heavy atom. The molecule has 1 saturated heterocycles. The SMILES string of the molecule is COc1cccc(N2CCC(C)C2CBr)n1. The number of nitrogens with zero attached hydrogens (tertiary/aromatic N) is 2. The average Bonchev–Trinajstić information content (AvgIpc) is 2.70. The third kappa shape index (κ3) is 2.17. The first-order valence-corrected chi connectivity index (χ1v) is 6.72. The molecule has 0 amide bonds. The molecule has 2 atom stereocenters. The lowest BCUT2D eigenvalue weighted by molar-refractivity contribution is 0.397. The summed E-state index contributed by atoms with van der Waals surface area (Å²) in [5.74, 6) is 2.42. The molecule has 1 fully saturated rings. The van der Waals surface area contributed by atoms with Gasteiger partial charge in [-0.3, -0.25) is 0 Å². The Kier molecular flexibility index (Phi) is 3.69. The maximum atomic E-state index is 5.16. The third-order valence-corrected chi connectivity index (χ3v) is 3.92. The van der Waals surface area contributed by atoms with E-state index in [4.69, 9.17) is 4.74 Å². The van der Waals surface area contributed by atoms with E-state index in [-0.39, 0.29) is 0 Å². The van der Waals surface area contributed by atoms with Gasteiger partial charge in [-0.05, 0) is 18.4 Å². The van der Waals surface area contributed by atoms with Crippen LogP contribution in [-0.2, 0) is 0 Å². The first-order chi connectivity index (χ1) is 7.76. The Hall–Kier alpha value is -0.770. The molecule has 0 N–H and O–H groups in total. The highest BCUT2D eigenvalue weighted by Gasteiger charge is 2.31. The lowest BCUT2D eigenvalue weighted by Crippen LogP contribution is -2.34. The molecule has 1 aliphatic heterocycles. The number of alkyl halides is 1. The number of hydrogen-bond acceptors (Lipinski definition) is 3. The molecular weight excluding hydrogens is 268 g/mol. The number of pyridine rings is 1. The van der Waals surface area contributed by atoms with Crippen molar-refractivity contribution < 1.29 is 4.74 Å². The van der Waals surface area contributed by atoms with E-state index in [2.05, 4.69) is 38.8 Å². The summed E-state index contributed by atoms with van der Waals surface area (Å²) in [5.41, 5.74) is 0. The third-order valence-electron chi connectivity index (χ3n) is 3.25. The first-order valence-electron chi connectivity index (χ1n) is 5.60. The number of methoxy groups -OCH3 is 1. The van der Waals surface area contributed by atoms with Gasteiger partial charge in [0.2, 0.25) is 5.88 Å². The Morgan fingerprint density at radius 1 is 1.56 bits per heavy atom. The zero-order valence-electron chi connectivity index (χ0n) is 9.69. The van der Waals surface area contributed by atoms with Crippen LogP contribution in [0.2, 0.25) is 0 Å². The standard InChI is InChI=1S/C12H17BrN2O/c1-9-6-7-15(10(9)8-13)11-4-3-5-12(14-11)16-2/h3-5,9-10H,6-8H2,1-2H3. The van der Waals surface area contributed by atoms with Crippen LogP contribution in [0.15, 0.2) is 18.2 Å². The van der Waals surface area contributed by atoms with Crippen LogP contribution in [0.25, 0.3) is 0 Å². The van der Waals surface area contributed by atoms with Gasteiger partial charge in [0.1, 0.15) is 5.82 Å². The van der Waals surface area contributed by atoms with Crippen LogP contribution in [0.1, 0.15) is 13.3 Å². The normalized spacial score (nSPS) is 24.8. The van der Waals surface area contributed by atoms with E-state index in [1.165, 1.54) is 6.42 Å². The fourth-order valence-corrected chi connectivity index (χ4v) is 3.19. The van der Waals surface area contributed by atoms with Crippen molar-refractivity contribution in [2.45, 2.75) is 19.4 Å². The van der Waals surface area contributed by atoms with Crippen LogP contribution in [-0.4, -0.2) is 30.0 Å². The molecule has 4 heteroatoms. The number of halogens is 1. The van der Waals surface area contributed by atoms with Crippen LogP contribution in [0.4, 0.5) is 5.82 Å². The number of ether oxygens (including phenoxy) is 1. The summed E-state index contributed by atoms with van der Waals surface area (Å²) in [4.78, 5) is 6.85. The van der Waals surface area contributed by atoms with Crippen molar-refractivity contribution >= 4 is 21.7 Å². The highest BCUT2D eigenvalue weighted by molar-refractivity contribution is 9.09. The second-order valence-electron chi connectivity index (χ2n) is 4.22. The number of rotatable bonds is 3. The summed E-state index contributed by atoms with van der Waals surface area (Å²) >= 11 is 3.59. The molecule has 2 heterocycles.